The van der Waals surface area contributed by atoms with E-state index in [9.17, 15) is 4.79 Å². The summed E-state index contributed by atoms with van der Waals surface area (Å²) in [5.41, 5.74) is 1.17. The van der Waals surface area contributed by atoms with E-state index in [2.05, 4.69) is 28.9 Å². The number of benzene rings is 1. The van der Waals surface area contributed by atoms with Crippen molar-refractivity contribution in [2.24, 2.45) is 0 Å². The molecule has 0 aromatic heterocycles. The van der Waals surface area contributed by atoms with Crippen LogP contribution in [0.3, 0.4) is 0 Å². The first kappa shape index (κ1) is 12.9. The second-order valence-corrected chi connectivity index (χ2v) is 5.01. The molecule has 1 saturated heterocycles. The molecule has 1 aliphatic heterocycles. The van der Waals surface area contributed by atoms with Crippen LogP contribution in [0.2, 0.25) is 0 Å². The summed E-state index contributed by atoms with van der Waals surface area (Å²) in [5.74, 6) is -0.728. The predicted octanol–water partition coefficient (Wildman–Crippen LogP) is 1.67. The molecule has 1 aromatic rings. The van der Waals surface area contributed by atoms with Gasteiger partial charge in [-0.05, 0) is 26.1 Å². The van der Waals surface area contributed by atoms with Gasteiger partial charge in [-0.15, -0.1) is 0 Å². The van der Waals surface area contributed by atoms with Crippen LogP contribution in [0.4, 0.5) is 5.69 Å². The first-order valence-electron chi connectivity index (χ1n) is 6.31. The zero-order chi connectivity index (χ0) is 13.1. The topological polar surface area (TPSA) is 43.8 Å². The molecule has 1 aliphatic rings. The van der Waals surface area contributed by atoms with Crippen molar-refractivity contribution in [2.45, 2.75) is 25.4 Å². The van der Waals surface area contributed by atoms with Crippen molar-refractivity contribution in [1.82, 2.24) is 4.90 Å². The lowest BCUT2D eigenvalue weighted by Gasteiger charge is -2.44. The fraction of sp³-hybridized carbons (Fsp3) is 0.500. The van der Waals surface area contributed by atoms with Crippen molar-refractivity contribution in [3.05, 3.63) is 30.3 Å². The lowest BCUT2D eigenvalue weighted by Crippen LogP contribution is -2.56. The van der Waals surface area contributed by atoms with Crippen LogP contribution < -0.4 is 4.90 Å². The van der Waals surface area contributed by atoms with Crippen LogP contribution in [-0.2, 0) is 4.79 Å². The van der Waals surface area contributed by atoms with E-state index in [0.717, 1.165) is 13.1 Å². The van der Waals surface area contributed by atoms with E-state index >= 15 is 0 Å². The molecule has 4 nitrogen and oxygen atoms in total. The minimum Gasteiger partial charge on any atom is -0.481 e. The molecule has 1 heterocycles. The maximum atomic E-state index is 10.9. The molecule has 98 valence electrons. The molecule has 4 heteroatoms. The van der Waals surface area contributed by atoms with Gasteiger partial charge in [-0.1, -0.05) is 18.2 Å². The van der Waals surface area contributed by atoms with Crippen LogP contribution in [0, 0.1) is 0 Å². The third-order valence-electron chi connectivity index (χ3n) is 3.72. The highest BCUT2D eigenvalue weighted by atomic mass is 16.4. The van der Waals surface area contributed by atoms with Gasteiger partial charge in [0.25, 0.3) is 0 Å². The maximum Gasteiger partial charge on any atom is 0.305 e. The Morgan fingerprint density at radius 3 is 2.61 bits per heavy atom. The van der Waals surface area contributed by atoms with Crippen LogP contribution in [0.1, 0.15) is 13.3 Å². The van der Waals surface area contributed by atoms with Crippen molar-refractivity contribution in [3.63, 3.8) is 0 Å². The molecule has 0 aliphatic carbocycles. The molecule has 1 aromatic carbocycles. The lowest BCUT2D eigenvalue weighted by atomic mass is 10.0. The fourth-order valence-electron chi connectivity index (χ4n) is 2.53. The van der Waals surface area contributed by atoms with Crippen molar-refractivity contribution in [3.8, 4) is 0 Å². The molecule has 18 heavy (non-hydrogen) atoms. The van der Waals surface area contributed by atoms with Gasteiger partial charge >= 0.3 is 5.97 Å². The number of carboxylic acids is 1. The average Bonchev–Trinajstić information content (AvgIpc) is 2.35. The number of nitrogens with zero attached hydrogens (tertiary/aromatic N) is 2. The summed E-state index contributed by atoms with van der Waals surface area (Å²) in [4.78, 5) is 15.4. The smallest absolute Gasteiger partial charge is 0.305 e. The summed E-state index contributed by atoms with van der Waals surface area (Å²) in [6.07, 6.45) is 0.199. The maximum absolute atomic E-state index is 10.9. The standard InChI is InChI=1S/C14H20N2O2/c1-11-9-16(12-6-4-3-5-7-12)10-13(15(11)2)8-14(17)18/h3-7,11,13H,8-10H2,1-2H3,(H,17,18)/t11-,13-/m0/s1. The molecule has 1 fully saturated rings. The van der Waals surface area contributed by atoms with Crippen LogP contribution in [0.15, 0.2) is 30.3 Å². The van der Waals surface area contributed by atoms with E-state index in [0.29, 0.717) is 6.04 Å². The second-order valence-electron chi connectivity index (χ2n) is 5.01. The Kier molecular flexibility index (Phi) is 3.87. The number of hydrogen-bond acceptors (Lipinski definition) is 3. The number of hydrogen-bond donors (Lipinski definition) is 1. The number of aliphatic carboxylic acids is 1. The molecule has 0 amide bonds. The summed E-state index contributed by atoms with van der Waals surface area (Å²) in [6, 6.07) is 10.6. The lowest BCUT2D eigenvalue weighted by molar-refractivity contribution is -0.138. The molecule has 0 unspecified atom stereocenters. The van der Waals surface area contributed by atoms with Gasteiger partial charge in [0, 0.05) is 30.9 Å². The van der Waals surface area contributed by atoms with Crippen molar-refractivity contribution in [2.75, 3.05) is 25.0 Å². The van der Waals surface area contributed by atoms with Gasteiger partial charge in [0.1, 0.15) is 0 Å². The minimum atomic E-state index is -0.728. The summed E-state index contributed by atoms with van der Waals surface area (Å²) in [5, 5.41) is 8.98. The summed E-state index contributed by atoms with van der Waals surface area (Å²) in [6.45, 7) is 3.86. The molecule has 0 saturated carbocycles. The van der Waals surface area contributed by atoms with E-state index < -0.39 is 5.97 Å². The van der Waals surface area contributed by atoms with E-state index in [4.69, 9.17) is 5.11 Å². The van der Waals surface area contributed by atoms with Crippen LogP contribution in [0.25, 0.3) is 0 Å². The van der Waals surface area contributed by atoms with Gasteiger partial charge in [0.15, 0.2) is 0 Å². The van der Waals surface area contributed by atoms with Gasteiger partial charge in [-0.3, -0.25) is 9.69 Å². The molecule has 2 atom stereocenters. The highest BCUT2D eigenvalue weighted by molar-refractivity contribution is 5.67. The van der Waals surface area contributed by atoms with Crippen molar-refractivity contribution in [1.29, 1.82) is 0 Å². The Morgan fingerprint density at radius 2 is 2.00 bits per heavy atom. The third-order valence-corrected chi connectivity index (χ3v) is 3.72. The second kappa shape index (κ2) is 5.40. The predicted molar refractivity (Wildman–Crippen MR) is 71.9 cm³/mol. The van der Waals surface area contributed by atoms with E-state index in [-0.39, 0.29) is 12.5 Å². The highest BCUT2D eigenvalue weighted by Crippen LogP contribution is 2.22. The van der Waals surface area contributed by atoms with Gasteiger partial charge < -0.3 is 10.0 Å². The van der Waals surface area contributed by atoms with Crippen LogP contribution in [0.5, 0.6) is 0 Å². The number of anilines is 1. The van der Waals surface area contributed by atoms with E-state index in [1.54, 1.807) is 0 Å². The summed E-state index contributed by atoms with van der Waals surface area (Å²) < 4.78 is 0. The summed E-state index contributed by atoms with van der Waals surface area (Å²) >= 11 is 0. The minimum absolute atomic E-state index is 0.0754. The Labute approximate surface area is 108 Å². The number of likely N-dealkylation sites (N-methyl/N-ethyl adjacent to an activating group) is 1. The molecular weight excluding hydrogens is 228 g/mol. The Hall–Kier alpha value is -1.55. The van der Waals surface area contributed by atoms with Crippen LogP contribution in [-0.4, -0.2) is 48.2 Å². The zero-order valence-corrected chi connectivity index (χ0v) is 10.9. The number of carbonyl (C=O) groups is 1. The largest absolute Gasteiger partial charge is 0.481 e. The monoisotopic (exact) mass is 248 g/mol. The Balaban J connectivity index is 2.12. The molecule has 0 bridgehead atoms. The number of piperazine rings is 1. The molecule has 0 spiro atoms. The van der Waals surface area contributed by atoms with Gasteiger partial charge in [-0.2, -0.15) is 0 Å². The molecule has 2 rings (SSSR count). The van der Waals surface area contributed by atoms with Gasteiger partial charge in [0.2, 0.25) is 0 Å². The first-order valence-corrected chi connectivity index (χ1v) is 6.31. The van der Waals surface area contributed by atoms with Gasteiger partial charge in [0.05, 0.1) is 6.42 Å². The van der Waals surface area contributed by atoms with E-state index in [1.165, 1.54) is 5.69 Å². The number of para-hydroxylation sites is 1. The average molecular weight is 248 g/mol. The van der Waals surface area contributed by atoms with Crippen molar-refractivity contribution < 1.29 is 9.90 Å². The number of carboxylic acid groups (broad SMARTS) is 1. The normalized spacial score (nSPS) is 25.1. The third kappa shape index (κ3) is 2.82. The summed E-state index contributed by atoms with van der Waals surface area (Å²) in [7, 11) is 2.01. The fourth-order valence-corrected chi connectivity index (χ4v) is 2.53. The van der Waals surface area contributed by atoms with E-state index in [1.807, 2.05) is 25.2 Å². The Bertz CT molecular complexity index is 408. The van der Waals surface area contributed by atoms with Gasteiger partial charge in [-0.25, -0.2) is 0 Å². The molecule has 0 radical (unpaired) electrons. The molecular formula is C14H20N2O2. The SMILES string of the molecule is C[C@H]1CN(c2ccccc2)C[C@H](CC(=O)O)N1C. The highest BCUT2D eigenvalue weighted by Gasteiger charge is 2.30. The Morgan fingerprint density at radius 1 is 1.33 bits per heavy atom. The van der Waals surface area contributed by atoms with Crippen molar-refractivity contribution >= 4 is 11.7 Å². The van der Waals surface area contributed by atoms with Crippen LogP contribution >= 0.6 is 0 Å². The molecule has 1 N–H and O–H groups in total. The number of rotatable bonds is 3. The quantitative estimate of drug-likeness (QED) is 0.883. The first-order chi connectivity index (χ1) is 8.58. The zero-order valence-electron chi connectivity index (χ0n) is 10.9.